The number of nitrogens with two attached hydrogens (primary N) is 1. The van der Waals surface area contributed by atoms with Gasteiger partial charge >= 0.3 is 0 Å². The highest BCUT2D eigenvalue weighted by Crippen LogP contribution is 2.40. The van der Waals surface area contributed by atoms with Crippen LogP contribution in [0.1, 0.15) is 32.6 Å². The zero-order valence-electron chi connectivity index (χ0n) is 9.42. The van der Waals surface area contributed by atoms with Gasteiger partial charge in [0.25, 0.3) is 0 Å². The van der Waals surface area contributed by atoms with Crippen molar-refractivity contribution in [1.29, 1.82) is 0 Å². The minimum atomic E-state index is -0.818. The number of likely N-dealkylation sites (tertiary alicyclic amines) is 1. The predicted molar refractivity (Wildman–Crippen MR) is 63.1 cm³/mol. The fraction of sp³-hybridized carbons (Fsp3) is 1.00. The molecule has 2 rings (SSSR count). The molecule has 2 aliphatic rings. The Hall–Kier alpha value is 0.140. The first kappa shape index (κ1) is 13.2. The van der Waals surface area contributed by atoms with Crippen LogP contribution in [0, 0.1) is 5.92 Å². The van der Waals surface area contributed by atoms with Crippen LogP contribution in [0.25, 0.3) is 0 Å². The summed E-state index contributed by atoms with van der Waals surface area (Å²) in [5.41, 5.74) is 5.04. The van der Waals surface area contributed by atoms with Crippen LogP contribution >= 0.6 is 12.4 Å². The molecule has 2 fully saturated rings. The number of nitrogens with zero attached hydrogens (tertiary/aromatic N) is 1. The van der Waals surface area contributed by atoms with Crippen LogP contribution in [-0.4, -0.2) is 36.2 Å². The van der Waals surface area contributed by atoms with Gasteiger partial charge in [-0.15, -0.1) is 12.4 Å². The van der Waals surface area contributed by atoms with Crippen molar-refractivity contribution < 1.29 is 4.39 Å². The molecule has 1 saturated heterocycles. The SMILES string of the molecule is CC(N)C1CCN(CC2(F)CC2)CC1.Cl. The Bertz CT molecular complexity index is 199. The fourth-order valence-corrected chi connectivity index (χ4v) is 2.33. The summed E-state index contributed by atoms with van der Waals surface area (Å²) in [4.78, 5) is 2.27. The summed E-state index contributed by atoms with van der Waals surface area (Å²) in [6.45, 7) is 4.83. The predicted octanol–water partition coefficient (Wildman–Crippen LogP) is 1.97. The maximum absolute atomic E-state index is 13.5. The van der Waals surface area contributed by atoms with Crippen molar-refractivity contribution in [2.75, 3.05) is 19.6 Å². The molecule has 1 aliphatic carbocycles. The van der Waals surface area contributed by atoms with Gasteiger partial charge in [-0.25, -0.2) is 4.39 Å². The maximum Gasteiger partial charge on any atom is 0.123 e. The zero-order chi connectivity index (χ0) is 10.2. The maximum atomic E-state index is 13.5. The van der Waals surface area contributed by atoms with Crippen molar-refractivity contribution in [2.45, 2.75) is 44.3 Å². The van der Waals surface area contributed by atoms with Crippen molar-refractivity contribution in [1.82, 2.24) is 4.90 Å². The van der Waals surface area contributed by atoms with E-state index >= 15 is 0 Å². The van der Waals surface area contributed by atoms with Crippen molar-refractivity contribution >= 4 is 12.4 Å². The Kier molecular flexibility index (Phi) is 4.38. The summed E-state index contributed by atoms with van der Waals surface area (Å²) in [6.07, 6.45) is 3.85. The number of halogens is 2. The monoisotopic (exact) mass is 236 g/mol. The lowest BCUT2D eigenvalue weighted by atomic mass is 9.91. The molecule has 1 heterocycles. The van der Waals surface area contributed by atoms with Gasteiger partial charge in [0.05, 0.1) is 0 Å². The number of alkyl halides is 1. The molecule has 0 aromatic rings. The minimum Gasteiger partial charge on any atom is -0.328 e. The molecule has 0 radical (unpaired) electrons. The second-order valence-electron chi connectivity index (χ2n) is 5.12. The topological polar surface area (TPSA) is 29.3 Å². The van der Waals surface area contributed by atoms with E-state index in [1.807, 2.05) is 0 Å². The highest BCUT2D eigenvalue weighted by Gasteiger charge is 2.44. The summed E-state index contributed by atoms with van der Waals surface area (Å²) in [6, 6.07) is 0.303. The van der Waals surface area contributed by atoms with E-state index in [-0.39, 0.29) is 12.4 Å². The second kappa shape index (κ2) is 4.98. The Morgan fingerprint density at radius 1 is 1.40 bits per heavy atom. The largest absolute Gasteiger partial charge is 0.328 e. The molecule has 2 nitrogen and oxygen atoms in total. The third-order valence-corrected chi connectivity index (χ3v) is 3.68. The van der Waals surface area contributed by atoms with E-state index in [0.717, 1.165) is 38.8 Å². The molecule has 90 valence electrons. The lowest BCUT2D eigenvalue weighted by molar-refractivity contribution is 0.124. The van der Waals surface area contributed by atoms with Gasteiger partial charge in [-0.3, -0.25) is 0 Å². The molecule has 15 heavy (non-hydrogen) atoms. The molecule has 0 aromatic heterocycles. The standard InChI is InChI=1S/C11H21FN2.ClH/c1-9(13)10-2-6-14(7-3-10)8-11(12)4-5-11;/h9-10H,2-8,13H2,1H3;1H. The summed E-state index contributed by atoms with van der Waals surface area (Å²) in [7, 11) is 0. The molecule has 0 aromatic carbocycles. The van der Waals surface area contributed by atoms with E-state index in [2.05, 4.69) is 11.8 Å². The Morgan fingerprint density at radius 2 is 1.93 bits per heavy atom. The number of piperidine rings is 1. The van der Waals surface area contributed by atoms with E-state index in [9.17, 15) is 4.39 Å². The summed E-state index contributed by atoms with van der Waals surface area (Å²) < 4.78 is 13.5. The second-order valence-corrected chi connectivity index (χ2v) is 5.12. The highest BCUT2D eigenvalue weighted by atomic mass is 35.5. The van der Waals surface area contributed by atoms with Crippen LogP contribution in [0.3, 0.4) is 0 Å². The van der Waals surface area contributed by atoms with Crippen molar-refractivity contribution in [3.8, 4) is 0 Å². The van der Waals surface area contributed by atoms with Gasteiger partial charge in [0.1, 0.15) is 5.67 Å². The number of hydrogen-bond donors (Lipinski definition) is 1. The number of hydrogen-bond acceptors (Lipinski definition) is 2. The van der Waals surface area contributed by atoms with E-state index in [0.29, 0.717) is 18.5 Å². The van der Waals surface area contributed by atoms with Crippen LogP contribution in [0.2, 0.25) is 0 Å². The van der Waals surface area contributed by atoms with Crippen LogP contribution in [0.15, 0.2) is 0 Å². The minimum absolute atomic E-state index is 0. The van der Waals surface area contributed by atoms with Gasteiger partial charge in [-0.05, 0) is 51.6 Å². The van der Waals surface area contributed by atoms with Gasteiger partial charge < -0.3 is 10.6 Å². The Balaban J connectivity index is 0.00000112. The van der Waals surface area contributed by atoms with Crippen molar-refractivity contribution in [3.63, 3.8) is 0 Å². The van der Waals surface area contributed by atoms with Crippen LogP contribution in [0.5, 0.6) is 0 Å². The number of rotatable bonds is 3. The summed E-state index contributed by atoms with van der Waals surface area (Å²) >= 11 is 0. The van der Waals surface area contributed by atoms with Gasteiger partial charge in [-0.2, -0.15) is 0 Å². The lowest BCUT2D eigenvalue weighted by Gasteiger charge is -2.34. The van der Waals surface area contributed by atoms with Gasteiger partial charge in [0, 0.05) is 12.6 Å². The van der Waals surface area contributed by atoms with Crippen LogP contribution in [0.4, 0.5) is 4.39 Å². The van der Waals surface area contributed by atoms with Gasteiger partial charge in [0.2, 0.25) is 0 Å². The van der Waals surface area contributed by atoms with Gasteiger partial charge in [-0.1, -0.05) is 0 Å². The molecule has 4 heteroatoms. The zero-order valence-corrected chi connectivity index (χ0v) is 10.2. The first-order valence-corrected chi connectivity index (χ1v) is 5.76. The van der Waals surface area contributed by atoms with E-state index in [1.165, 1.54) is 0 Å². The molecule has 1 atom stereocenters. The average Bonchev–Trinajstić information content (AvgIpc) is 2.84. The molecule has 1 saturated carbocycles. The van der Waals surface area contributed by atoms with Gasteiger partial charge in [0.15, 0.2) is 0 Å². The van der Waals surface area contributed by atoms with E-state index in [4.69, 9.17) is 5.73 Å². The third kappa shape index (κ3) is 3.58. The van der Waals surface area contributed by atoms with Crippen molar-refractivity contribution in [3.05, 3.63) is 0 Å². The highest BCUT2D eigenvalue weighted by molar-refractivity contribution is 5.85. The molecule has 2 N–H and O–H groups in total. The lowest BCUT2D eigenvalue weighted by Crippen LogP contribution is -2.42. The normalized spacial score (nSPS) is 28.2. The first-order chi connectivity index (χ1) is 6.59. The Morgan fingerprint density at radius 3 is 2.33 bits per heavy atom. The van der Waals surface area contributed by atoms with Crippen molar-refractivity contribution in [2.24, 2.45) is 11.7 Å². The average molecular weight is 237 g/mol. The van der Waals surface area contributed by atoms with E-state index < -0.39 is 5.67 Å². The van der Waals surface area contributed by atoms with Crippen LogP contribution in [-0.2, 0) is 0 Å². The fourth-order valence-electron chi connectivity index (χ4n) is 2.33. The first-order valence-electron chi connectivity index (χ1n) is 5.76. The molecular formula is C11H22ClFN2. The van der Waals surface area contributed by atoms with Crippen LogP contribution < -0.4 is 5.73 Å². The molecule has 0 spiro atoms. The molecular weight excluding hydrogens is 215 g/mol. The summed E-state index contributed by atoms with van der Waals surface area (Å²) in [5.74, 6) is 0.654. The van der Waals surface area contributed by atoms with E-state index in [1.54, 1.807) is 0 Å². The molecule has 0 amide bonds. The smallest absolute Gasteiger partial charge is 0.123 e. The quantitative estimate of drug-likeness (QED) is 0.812. The summed E-state index contributed by atoms with van der Waals surface area (Å²) in [5, 5.41) is 0. The Labute approximate surface area is 97.8 Å². The molecule has 1 aliphatic heterocycles. The third-order valence-electron chi connectivity index (χ3n) is 3.68. The molecule has 1 unspecified atom stereocenters. The molecule has 0 bridgehead atoms.